The summed E-state index contributed by atoms with van der Waals surface area (Å²) in [6.45, 7) is 6.39. The lowest BCUT2D eigenvalue weighted by molar-refractivity contribution is -0.0716. The van der Waals surface area contributed by atoms with E-state index >= 15 is 0 Å². The van der Waals surface area contributed by atoms with Gasteiger partial charge in [-0.25, -0.2) is 0 Å². The summed E-state index contributed by atoms with van der Waals surface area (Å²) in [5, 5.41) is 8.98. The fraction of sp³-hybridized carbons (Fsp3) is 0.455. The van der Waals surface area contributed by atoms with Crippen LogP contribution in [-0.2, 0) is 5.79 Å². The van der Waals surface area contributed by atoms with Gasteiger partial charge in [-0.1, -0.05) is 13.0 Å². The molecule has 138 valence electrons. The lowest BCUT2D eigenvalue weighted by Crippen LogP contribution is -2.36. The second-order valence-corrected chi connectivity index (χ2v) is 8.25. The minimum absolute atomic E-state index is 0.523. The molecule has 5 nitrogen and oxygen atoms in total. The van der Waals surface area contributed by atoms with Crippen molar-refractivity contribution < 1.29 is 9.47 Å². The summed E-state index contributed by atoms with van der Waals surface area (Å²) in [6, 6.07) is 11.7. The lowest BCUT2D eigenvalue weighted by Gasteiger charge is -2.35. The van der Waals surface area contributed by atoms with Crippen LogP contribution in [0.1, 0.15) is 44.4 Å². The zero-order valence-corrected chi connectivity index (χ0v) is 15.7. The van der Waals surface area contributed by atoms with Gasteiger partial charge in [0.2, 0.25) is 0 Å². The van der Waals surface area contributed by atoms with Crippen molar-refractivity contribution in [3.05, 3.63) is 47.8 Å². The Bertz CT molecular complexity index is 926. The van der Waals surface area contributed by atoms with Gasteiger partial charge in [0.05, 0.1) is 11.3 Å². The number of nitriles is 1. The molecule has 3 aliphatic rings. The van der Waals surface area contributed by atoms with Crippen LogP contribution in [0.5, 0.6) is 11.5 Å². The van der Waals surface area contributed by atoms with Crippen molar-refractivity contribution in [3.8, 4) is 17.6 Å². The van der Waals surface area contributed by atoms with Gasteiger partial charge in [-0.05, 0) is 54.9 Å². The summed E-state index contributed by atoms with van der Waals surface area (Å²) >= 11 is 0. The van der Waals surface area contributed by atoms with Crippen LogP contribution in [0.4, 0.5) is 5.69 Å². The van der Waals surface area contributed by atoms with Crippen molar-refractivity contribution in [3.63, 3.8) is 0 Å². The van der Waals surface area contributed by atoms with Gasteiger partial charge in [0.1, 0.15) is 11.8 Å². The number of hydrogen-bond acceptors (Lipinski definition) is 5. The van der Waals surface area contributed by atoms with E-state index in [-0.39, 0.29) is 0 Å². The fourth-order valence-electron chi connectivity index (χ4n) is 4.64. The first-order chi connectivity index (χ1) is 13.0. The van der Waals surface area contributed by atoms with Gasteiger partial charge in [0.25, 0.3) is 5.79 Å². The zero-order chi connectivity index (χ0) is 18.6. The highest BCUT2D eigenvalue weighted by atomic mass is 16.7. The summed E-state index contributed by atoms with van der Waals surface area (Å²) in [7, 11) is 0. The molecule has 0 N–H and O–H groups in total. The number of anilines is 1. The predicted octanol–water partition coefficient (Wildman–Crippen LogP) is 4.22. The van der Waals surface area contributed by atoms with Crippen molar-refractivity contribution in [2.75, 3.05) is 18.0 Å². The van der Waals surface area contributed by atoms with Gasteiger partial charge in [-0.15, -0.1) is 0 Å². The molecule has 2 aromatic rings. The number of pyridine rings is 1. The molecule has 1 saturated heterocycles. The highest BCUT2D eigenvalue weighted by Crippen LogP contribution is 2.60. The fourth-order valence-corrected chi connectivity index (χ4v) is 4.64. The summed E-state index contributed by atoms with van der Waals surface area (Å²) in [5.41, 5.74) is 2.89. The van der Waals surface area contributed by atoms with E-state index in [9.17, 15) is 0 Å². The Morgan fingerprint density at radius 2 is 1.96 bits per heavy atom. The average Bonchev–Trinajstić information content (AvgIpc) is 3.15. The van der Waals surface area contributed by atoms with Crippen LogP contribution in [0.25, 0.3) is 0 Å². The van der Waals surface area contributed by atoms with Crippen molar-refractivity contribution >= 4 is 5.69 Å². The van der Waals surface area contributed by atoms with E-state index in [1.165, 1.54) is 19.3 Å². The van der Waals surface area contributed by atoms with Gasteiger partial charge < -0.3 is 14.4 Å². The Labute approximate surface area is 159 Å². The molecule has 3 heterocycles. The maximum atomic E-state index is 8.98. The number of ether oxygens (including phenoxy) is 2. The second-order valence-electron chi connectivity index (χ2n) is 8.25. The molecule has 5 heteroatoms. The maximum Gasteiger partial charge on any atom is 0.292 e. The lowest BCUT2D eigenvalue weighted by atomic mass is 9.91. The molecule has 1 unspecified atom stereocenters. The van der Waals surface area contributed by atoms with Crippen LogP contribution in [0.2, 0.25) is 0 Å². The summed E-state index contributed by atoms with van der Waals surface area (Å²) < 4.78 is 12.5. The van der Waals surface area contributed by atoms with Crippen LogP contribution in [-0.4, -0.2) is 18.1 Å². The SMILES string of the molecule is CC1CC12CCN(c1cccc3c1O[C@](C)(c1ccc(C#N)cn1)O3)CC2. The Hall–Kier alpha value is -2.74. The van der Waals surface area contributed by atoms with Crippen LogP contribution in [0, 0.1) is 22.7 Å². The first-order valence-electron chi connectivity index (χ1n) is 9.66. The van der Waals surface area contributed by atoms with E-state index in [2.05, 4.69) is 28.9 Å². The predicted molar refractivity (Wildman–Crippen MR) is 102 cm³/mol. The summed E-state index contributed by atoms with van der Waals surface area (Å²) in [6.07, 6.45) is 5.45. The second kappa shape index (κ2) is 5.63. The van der Waals surface area contributed by atoms with Gasteiger partial charge in [0.15, 0.2) is 11.5 Å². The third-order valence-electron chi connectivity index (χ3n) is 6.62. The summed E-state index contributed by atoms with van der Waals surface area (Å²) in [5.74, 6) is 1.45. The normalized spacial score (nSPS) is 27.4. The van der Waals surface area contributed by atoms with E-state index in [4.69, 9.17) is 14.7 Å². The van der Waals surface area contributed by atoms with Crippen molar-refractivity contribution in [1.29, 1.82) is 5.26 Å². The van der Waals surface area contributed by atoms with E-state index in [0.29, 0.717) is 16.7 Å². The van der Waals surface area contributed by atoms with Crippen LogP contribution in [0.15, 0.2) is 36.5 Å². The molecule has 1 saturated carbocycles. The Kier molecular flexibility index (Phi) is 3.42. The highest BCUT2D eigenvalue weighted by molar-refractivity contribution is 5.66. The monoisotopic (exact) mass is 361 g/mol. The molecule has 2 aliphatic heterocycles. The number of fused-ring (bicyclic) bond motifs is 1. The number of aromatic nitrogens is 1. The standard InChI is InChI=1S/C22H23N3O2/c1-15-12-22(15)8-10-25(11-9-22)17-4-3-5-18-20(17)27-21(2,26-18)19-7-6-16(13-23)14-24-19/h3-7,14-15H,8-12H2,1-2H3/t15?,21-/m1/s1. The van der Waals surface area contributed by atoms with Crippen molar-refractivity contribution in [2.45, 2.75) is 38.9 Å². The first-order valence-corrected chi connectivity index (χ1v) is 9.66. The molecule has 27 heavy (non-hydrogen) atoms. The molecule has 2 atom stereocenters. The molecule has 1 spiro atoms. The molecule has 2 fully saturated rings. The number of benzene rings is 1. The smallest absolute Gasteiger partial charge is 0.292 e. The van der Waals surface area contributed by atoms with E-state index in [0.717, 1.165) is 36.2 Å². The van der Waals surface area contributed by atoms with Crippen LogP contribution < -0.4 is 14.4 Å². The van der Waals surface area contributed by atoms with Gasteiger partial charge in [-0.3, -0.25) is 4.98 Å². The van der Waals surface area contributed by atoms with E-state index in [1.807, 2.05) is 19.1 Å². The van der Waals surface area contributed by atoms with E-state index < -0.39 is 5.79 Å². The molecule has 0 radical (unpaired) electrons. The first kappa shape index (κ1) is 16.4. The topological polar surface area (TPSA) is 58.4 Å². The Morgan fingerprint density at radius 3 is 2.59 bits per heavy atom. The van der Waals surface area contributed by atoms with Crippen LogP contribution in [0.3, 0.4) is 0 Å². The highest BCUT2D eigenvalue weighted by Gasteiger charge is 2.52. The Morgan fingerprint density at radius 1 is 1.19 bits per heavy atom. The van der Waals surface area contributed by atoms with Gasteiger partial charge in [0, 0.05) is 26.2 Å². The van der Waals surface area contributed by atoms with Gasteiger partial charge >= 0.3 is 0 Å². The number of piperidine rings is 1. The van der Waals surface area contributed by atoms with Crippen LogP contribution >= 0.6 is 0 Å². The molecule has 1 aliphatic carbocycles. The number of rotatable bonds is 2. The quantitative estimate of drug-likeness (QED) is 0.801. The maximum absolute atomic E-state index is 8.98. The van der Waals surface area contributed by atoms with Crippen molar-refractivity contribution in [1.82, 2.24) is 4.98 Å². The summed E-state index contributed by atoms with van der Waals surface area (Å²) in [4.78, 5) is 6.81. The Balaban J connectivity index is 1.40. The molecular weight excluding hydrogens is 338 g/mol. The van der Waals surface area contributed by atoms with Crippen molar-refractivity contribution in [2.24, 2.45) is 11.3 Å². The number of hydrogen-bond donors (Lipinski definition) is 0. The molecule has 0 bridgehead atoms. The molecule has 5 rings (SSSR count). The number of nitrogens with zero attached hydrogens (tertiary/aromatic N) is 3. The number of para-hydroxylation sites is 1. The molecule has 1 aromatic heterocycles. The third kappa shape index (κ3) is 2.55. The van der Waals surface area contributed by atoms with Gasteiger partial charge in [-0.2, -0.15) is 5.26 Å². The minimum Gasteiger partial charge on any atom is -0.443 e. The van der Waals surface area contributed by atoms with E-state index in [1.54, 1.807) is 18.3 Å². The molecule has 1 aromatic carbocycles. The average molecular weight is 361 g/mol. The largest absolute Gasteiger partial charge is 0.443 e. The zero-order valence-electron chi connectivity index (χ0n) is 15.7. The third-order valence-corrected chi connectivity index (χ3v) is 6.62. The molecular formula is C22H23N3O2. The molecule has 0 amide bonds. The minimum atomic E-state index is -0.978.